The molecule has 44 valence electrons. The van der Waals surface area contributed by atoms with Crippen molar-refractivity contribution in [3.05, 3.63) is 10.1 Å². The van der Waals surface area contributed by atoms with E-state index in [1.54, 1.807) is 0 Å². The lowest BCUT2D eigenvalue weighted by molar-refractivity contribution is -0.506. The van der Waals surface area contributed by atoms with Crippen LogP contribution in [0.25, 0.3) is 0 Å². The normalized spacial score (nSPS) is 26.2. The monoisotopic (exact) mass is 115 g/mol. The van der Waals surface area contributed by atoms with Crippen LogP contribution >= 0.6 is 0 Å². The molecule has 0 saturated carbocycles. The Morgan fingerprint density at radius 2 is 2.75 bits per heavy atom. The Hall–Kier alpha value is -0.970. The second-order valence-electron chi connectivity index (χ2n) is 1.42. The third kappa shape index (κ3) is 0.812. The van der Waals surface area contributed by atoms with E-state index in [-0.39, 0.29) is 0 Å². The average molecular weight is 115 g/mol. The quantitative estimate of drug-likeness (QED) is 0.360. The van der Waals surface area contributed by atoms with Crippen LogP contribution in [0, 0.1) is 10.1 Å². The lowest BCUT2D eigenvalue weighted by atomic mass is 10.6. The van der Waals surface area contributed by atoms with Crippen LogP contribution in [-0.2, 0) is 0 Å². The number of hydrogen-bond acceptors (Lipinski definition) is 4. The molecule has 1 heterocycles. The molecule has 5 nitrogen and oxygen atoms in total. The Balaban J connectivity index is 2.48. The number of rotatable bonds is 1. The highest BCUT2D eigenvalue weighted by Crippen LogP contribution is 1.86. The van der Waals surface area contributed by atoms with Crippen LogP contribution in [0.1, 0.15) is 0 Å². The van der Waals surface area contributed by atoms with Crippen molar-refractivity contribution in [1.82, 2.24) is 5.32 Å². The fourth-order valence-corrected chi connectivity index (χ4v) is 0.480. The summed E-state index contributed by atoms with van der Waals surface area (Å²) in [6.07, 6.45) is 0.537. The van der Waals surface area contributed by atoms with Gasteiger partial charge in [0, 0.05) is 4.92 Å². The average Bonchev–Trinajstić information content (AvgIpc) is 2.12. The number of nitrogens with zero attached hydrogens (tertiary/aromatic N) is 2. The first-order valence-corrected chi connectivity index (χ1v) is 2.17. The second-order valence-corrected chi connectivity index (χ2v) is 1.42. The van der Waals surface area contributed by atoms with E-state index in [0.29, 0.717) is 6.67 Å². The summed E-state index contributed by atoms with van der Waals surface area (Å²) in [5.41, 5.74) is 0. The maximum Gasteiger partial charge on any atom is 0.302 e. The molecule has 0 bridgehead atoms. The molecule has 1 rings (SSSR count). The molecular weight excluding hydrogens is 110 g/mol. The number of nitrogens with one attached hydrogen (secondary N) is 1. The first-order valence-electron chi connectivity index (χ1n) is 2.17. The Bertz CT molecular complexity index is 132. The Morgan fingerprint density at radius 1 is 2.00 bits per heavy atom. The van der Waals surface area contributed by atoms with Crippen molar-refractivity contribution in [3.8, 4) is 0 Å². The van der Waals surface area contributed by atoms with Crippen molar-refractivity contribution in [2.45, 2.75) is 6.17 Å². The Labute approximate surface area is 45.6 Å². The number of hydrogen-bond donors (Lipinski definition) is 1. The van der Waals surface area contributed by atoms with Crippen molar-refractivity contribution < 1.29 is 4.92 Å². The van der Waals surface area contributed by atoms with E-state index >= 15 is 0 Å². The molecule has 1 atom stereocenters. The summed E-state index contributed by atoms with van der Waals surface area (Å²) >= 11 is 0. The predicted molar refractivity (Wildman–Crippen MR) is 27.3 cm³/mol. The summed E-state index contributed by atoms with van der Waals surface area (Å²) in [5.74, 6) is 0. The summed E-state index contributed by atoms with van der Waals surface area (Å²) in [6.45, 7) is 0.367. The van der Waals surface area contributed by atoms with Crippen molar-refractivity contribution in [2.75, 3.05) is 6.67 Å². The smallest absolute Gasteiger partial charge is 0.273 e. The molecule has 0 spiro atoms. The molecule has 1 aliphatic rings. The van der Waals surface area contributed by atoms with Crippen molar-refractivity contribution in [1.29, 1.82) is 0 Å². The molecule has 0 radical (unpaired) electrons. The Morgan fingerprint density at radius 3 is 3.00 bits per heavy atom. The topological polar surface area (TPSA) is 67.5 Å². The zero-order valence-electron chi connectivity index (χ0n) is 4.07. The zero-order valence-corrected chi connectivity index (χ0v) is 4.07. The summed E-state index contributed by atoms with van der Waals surface area (Å²) in [4.78, 5) is 13.0. The third-order valence-electron chi connectivity index (χ3n) is 0.865. The molecule has 0 aromatic carbocycles. The van der Waals surface area contributed by atoms with Crippen LogP contribution in [0.3, 0.4) is 0 Å². The van der Waals surface area contributed by atoms with E-state index in [0.717, 1.165) is 0 Å². The highest BCUT2D eigenvalue weighted by Gasteiger charge is 2.18. The summed E-state index contributed by atoms with van der Waals surface area (Å²) < 4.78 is 0. The lowest BCUT2D eigenvalue weighted by Gasteiger charge is -1.94. The number of aliphatic imine (C=N–C) groups is 1. The van der Waals surface area contributed by atoms with E-state index in [1.165, 1.54) is 6.21 Å². The summed E-state index contributed by atoms with van der Waals surface area (Å²) in [6, 6.07) is 0. The highest BCUT2D eigenvalue weighted by atomic mass is 16.6. The molecule has 1 unspecified atom stereocenters. The standard InChI is InChI=1S/C3H5N3O2/c7-6(8)3-1-4-2-5-3/h1,3,5H,2H2. The SMILES string of the molecule is O=[N+]([O-])C1C=NCN1. The van der Waals surface area contributed by atoms with Crippen LogP contribution in [0.15, 0.2) is 4.99 Å². The fourth-order valence-electron chi connectivity index (χ4n) is 0.480. The maximum absolute atomic E-state index is 9.85. The van der Waals surface area contributed by atoms with E-state index in [2.05, 4.69) is 10.3 Å². The van der Waals surface area contributed by atoms with Gasteiger partial charge in [-0.25, -0.2) is 5.32 Å². The van der Waals surface area contributed by atoms with Crippen LogP contribution in [0.2, 0.25) is 0 Å². The van der Waals surface area contributed by atoms with Gasteiger partial charge in [0.15, 0.2) is 0 Å². The molecular formula is C3H5N3O2. The minimum absolute atomic E-state index is 0.367. The maximum atomic E-state index is 9.85. The van der Waals surface area contributed by atoms with Crippen LogP contribution in [-0.4, -0.2) is 24.0 Å². The molecule has 8 heavy (non-hydrogen) atoms. The van der Waals surface area contributed by atoms with Crippen LogP contribution in [0.4, 0.5) is 0 Å². The van der Waals surface area contributed by atoms with E-state index in [9.17, 15) is 10.1 Å². The third-order valence-corrected chi connectivity index (χ3v) is 0.865. The van der Waals surface area contributed by atoms with Crippen LogP contribution < -0.4 is 5.32 Å². The van der Waals surface area contributed by atoms with Gasteiger partial charge < -0.3 is 0 Å². The van der Waals surface area contributed by atoms with Gasteiger partial charge in [-0.05, 0) is 0 Å². The van der Waals surface area contributed by atoms with Crippen LogP contribution in [0.5, 0.6) is 0 Å². The molecule has 0 saturated heterocycles. The number of nitro groups is 1. The molecule has 5 heteroatoms. The molecule has 0 aromatic rings. The highest BCUT2D eigenvalue weighted by molar-refractivity contribution is 5.63. The van der Waals surface area contributed by atoms with Gasteiger partial charge >= 0.3 is 6.17 Å². The van der Waals surface area contributed by atoms with E-state index in [4.69, 9.17) is 0 Å². The molecule has 1 aliphatic heterocycles. The molecule has 0 aliphatic carbocycles. The molecule has 0 amide bonds. The molecule has 0 fully saturated rings. The molecule has 0 aromatic heterocycles. The van der Waals surface area contributed by atoms with Gasteiger partial charge in [0.1, 0.15) is 0 Å². The second kappa shape index (κ2) is 1.87. The zero-order chi connectivity index (χ0) is 5.98. The van der Waals surface area contributed by atoms with Gasteiger partial charge in [0.25, 0.3) is 0 Å². The minimum Gasteiger partial charge on any atom is -0.273 e. The summed E-state index contributed by atoms with van der Waals surface area (Å²) in [7, 11) is 0. The van der Waals surface area contributed by atoms with Crippen molar-refractivity contribution in [2.24, 2.45) is 4.99 Å². The first-order chi connectivity index (χ1) is 3.80. The largest absolute Gasteiger partial charge is 0.302 e. The van der Waals surface area contributed by atoms with Gasteiger partial charge in [-0.2, -0.15) is 0 Å². The van der Waals surface area contributed by atoms with Gasteiger partial charge in [0.2, 0.25) is 0 Å². The van der Waals surface area contributed by atoms with E-state index in [1.807, 2.05) is 0 Å². The predicted octanol–water partition coefficient (Wildman–Crippen LogP) is -0.779. The first kappa shape index (κ1) is 5.17. The van der Waals surface area contributed by atoms with Crippen molar-refractivity contribution in [3.63, 3.8) is 0 Å². The van der Waals surface area contributed by atoms with Gasteiger partial charge in [-0.3, -0.25) is 15.1 Å². The van der Waals surface area contributed by atoms with Gasteiger partial charge in [0.05, 0.1) is 12.9 Å². The van der Waals surface area contributed by atoms with Gasteiger partial charge in [-0.15, -0.1) is 0 Å². The lowest BCUT2D eigenvalue weighted by Crippen LogP contribution is -2.32. The fraction of sp³-hybridized carbons (Fsp3) is 0.667. The van der Waals surface area contributed by atoms with Crippen molar-refractivity contribution >= 4 is 6.21 Å². The van der Waals surface area contributed by atoms with Gasteiger partial charge in [-0.1, -0.05) is 0 Å². The molecule has 1 N–H and O–H groups in total. The van der Waals surface area contributed by atoms with E-state index < -0.39 is 11.1 Å². The summed E-state index contributed by atoms with van der Waals surface area (Å²) in [5, 5.41) is 12.4. The minimum atomic E-state index is -0.755. The Kier molecular flexibility index (Phi) is 1.21.